The van der Waals surface area contributed by atoms with Crippen LogP contribution >= 0.6 is 0 Å². The third-order valence-electron chi connectivity index (χ3n) is 5.82. The zero-order valence-corrected chi connectivity index (χ0v) is 20.9. The first-order chi connectivity index (χ1) is 17.5. The van der Waals surface area contributed by atoms with Gasteiger partial charge in [0, 0.05) is 36.6 Å². The molecule has 11 nitrogen and oxygen atoms in total. The van der Waals surface area contributed by atoms with Crippen molar-refractivity contribution in [2.24, 2.45) is 0 Å². The van der Waals surface area contributed by atoms with Gasteiger partial charge in [0.25, 0.3) is 17.7 Å². The normalized spacial score (nSPS) is 18.1. The van der Waals surface area contributed by atoms with Gasteiger partial charge in [-0.1, -0.05) is 18.2 Å². The van der Waals surface area contributed by atoms with Crippen LogP contribution in [0.25, 0.3) is 0 Å². The number of amides is 4. The largest absolute Gasteiger partial charge is 0.444 e. The number of hydrogen-bond acceptors (Lipinski definition) is 7. The summed E-state index contributed by atoms with van der Waals surface area (Å²) in [6.07, 6.45) is -3.68. The zero-order chi connectivity index (χ0) is 26.7. The summed E-state index contributed by atoms with van der Waals surface area (Å²) in [4.78, 5) is 51.0. The summed E-state index contributed by atoms with van der Waals surface area (Å²) in [7, 11) is 0. The first kappa shape index (κ1) is 26.1. The highest BCUT2D eigenvalue weighted by atomic mass is 16.6. The first-order valence-corrected chi connectivity index (χ1v) is 11.9. The molecule has 4 N–H and O–H groups in total. The Balaban J connectivity index is 1.34. The summed E-state index contributed by atoms with van der Waals surface area (Å²) in [5.74, 6) is -1.58. The Morgan fingerprint density at radius 1 is 1.19 bits per heavy atom. The minimum atomic E-state index is -1.75. The molecule has 11 heteroatoms. The van der Waals surface area contributed by atoms with Gasteiger partial charge in [-0.2, -0.15) is 0 Å². The molecule has 0 bridgehead atoms. The van der Waals surface area contributed by atoms with E-state index in [1.807, 2.05) is 0 Å². The summed E-state index contributed by atoms with van der Waals surface area (Å²) < 4.78 is 10.6. The molecule has 0 aromatic heterocycles. The van der Waals surface area contributed by atoms with Crippen molar-refractivity contribution in [1.29, 1.82) is 0 Å². The lowest BCUT2D eigenvalue weighted by molar-refractivity contribution is -0.150. The van der Waals surface area contributed by atoms with Gasteiger partial charge in [0.2, 0.25) is 0 Å². The molecular formula is C26H30N4O7. The number of anilines is 2. The Bertz CT molecular complexity index is 1210. The van der Waals surface area contributed by atoms with Crippen LogP contribution in [0.1, 0.15) is 42.3 Å². The Labute approximate surface area is 214 Å². The standard InChI is InChI=1S/C26H30N4O7/c1-26(2,3)37-25(35)28-13-15-4-7-17(8-5-15)29-23(33)20(31)21-24(34)30(10-11-36-21)18-9-6-16-14-27-22(32)19(16)12-18/h4-9,12,20-21,31H,10-11,13-14H2,1-3H3,(H,27,32)(H,28,35)(H,29,33). The summed E-state index contributed by atoms with van der Waals surface area (Å²) >= 11 is 0. The van der Waals surface area contributed by atoms with E-state index in [1.54, 1.807) is 63.2 Å². The number of carbonyl (C=O) groups is 4. The number of aliphatic hydroxyl groups is 1. The quantitative estimate of drug-likeness (QED) is 0.463. The van der Waals surface area contributed by atoms with Crippen molar-refractivity contribution in [1.82, 2.24) is 10.6 Å². The molecule has 2 atom stereocenters. The maximum atomic E-state index is 13.1. The Morgan fingerprint density at radius 3 is 2.62 bits per heavy atom. The minimum Gasteiger partial charge on any atom is -0.444 e. The van der Waals surface area contributed by atoms with Crippen molar-refractivity contribution in [3.8, 4) is 0 Å². The number of benzene rings is 2. The second-order valence-corrected chi connectivity index (χ2v) is 9.79. The molecular weight excluding hydrogens is 480 g/mol. The maximum absolute atomic E-state index is 13.1. The number of ether oxygens (including phenoxy) is 2. The number of alkyl carbamates (subject to hydrolysis) is 1. The van der Waals surface area contributed by atoms with E-state index < -0.39 is 35.7 Å². The number of fused-ring (bicyclic) bond motifs is 1. The molecule has 2 aliphatic rings. The number of rotatable bonds is 6. The number of aliphatic hydroxyl groups excluding tert-OH is 1. The van der Waals surface area contributed by atoms with Gasteiger partial charge in [0.15, 0.2) is 12.2 Å². The lowest BCUT2D eigenvalue weighted by Gasteiger charge is -2.34. The zero-order valence-electron chi connectivity index (χ0n) is 20.9. The van der Waals surface area contributed by atoms with Gasteiger partial charge in [-0.3, -0.25) is 14.4 Å². The third-order valence-corrected chi connectivity index (χ3v) is 5.82. The third kappa shape index (κ3) is 6.25. The van der Waals surface area contributed by atoms with Gasteiger partial charge in [-0.05, 0) is 56.2 Å². The van der Waals surface area contributed by atoms with Gasteiger partial charge >= 0.3 is 6.09 Å². The van der Waals surface area contributed by atoms with Crippen molar-refractivity contribution in [2.45, 2.75) is 51.7 Å². The molecule has 4 amide bonds. The summed E-state index contributed by atoms with van der Waals surface area (Å²) in [6, 6.07) is 11.8. The molecule has 2 aromatic rings. The lowest BCUT2D eigenvalue weighted by Crippen LogP contribution is -2.55. The van der Waals surface area contributed by atoms with Crippen molar-refractivity contribution in [3.05, 3.63) is 59.2 Å². The number of carbonyl (C=O) groups excluding carboxylic acids is 4. The van der Waals surface area contributed by atoms with Crippen LogP contribution < -0.4 is 20.9 Å². The Hall–Kier alpha value is -3.96. The second-order valence-electron chi connectivity index (χ2n) is 9.79. The summed E-state index contributed by atoms with van der Waals surface area (Å²) in [5.41, 5.74) is 2.41. The van der Waals surface area contributed by atoms with E-state index in [0.717, 1.165) is 11.1 Å². The molecule has 196 valence electrons. The average Bonchev–Trinajstić information content (AvgIpc) is 3.22. The van der Waals surface area contributed by atoms with Gasteiger partial charge in [-0.15, -0.1) is 0 Å². The van der Waals surface area contributed by atoms with Crippen molar-refractivity contribution < 1.29 is 33.8 Å². The molecule has 1 fully saturated rings. The number of nitrogens with one attached hydrogen (secondary N) is 3. The first-order valence-electron chi connectivity index (χ1n) is 11.9. The SMILES string of the molecule is CC(C)(C)OC(=O)NCc1ccc(NC(=O)C(O)C2OCCN(c3ccc4c(c3)C(=O)NC4)C2=O)cc1. The fraction of sp³-hybridized carbons (Fsp3) is 0.385. The van der Waals surface area contributed by atoms with Gasteiger partial charge < -0.3 is 35.4 Å². The Morgan fingerprint density at radius 2 is 1.92 bits per heavy atom. The van der Waals surface area contributed by atoms with E-state index in [0.29, 0.717) is 23.5 Å². The van der Waals surface area contributed by atoms with Crippen molar-refractivity contribution in [2.75, 3.05) is 23.4 Å². The molecule has 2 aliphatic heterocycles. The number of morpholine rings is 1. The van der Waals surface area contributed by atoms with Gasteiger partial charge in [0.05, 0.1) is 6.61 Å². The Kier molecular flexibility index (Phi) is 7.46. The number of hydrogen-bond donors (Lipinski definition) is 4. The van der Waals surface area contributed by atoms with E-state index in [2.05, 4.69) is 16.0 Å². The lowest BCUT2D eigenvalue weighted by atomic mass is 10.1. The molecule has 4 rings (SSSR count). The van der Waals surface area contributed by atoms with Crippen LogP contribution in [0.4, 0.5) is 16.2 Å². The molecule has 0 radical (unpaired) electrons. The molecule has 2 aromatic carbocycles. The van der Waals surface area contributed by atoms with Crippen LogP contribution in [0.3, 0.4) is 0 Å². The fourth-order valence-corrected chi connectivity index (χ4v) is 4.01. The molecule has 0 saturated carbocycles. The number of nitrogens with zero attached hydrogens (tertiary/aromatic N) is 1. The molecule has 2 unspecified atom stereocenters. The van der Waals surface area contributed by atoms with Gasteiger partial charge in [-0.25, -0.2) is 4.79 Å². The van der Waals surface area contributed by atoms with E-state index in [9.17, 15) is 24.3 Å². The maximum Gasteiger partial charge on any atom is 0.407 e. The van der Waals surface area contributed by atoms with Crippen LogP contribution in [-0.2, 0) is 32.2 Å². The molecule has 37 heavy (non-hydrogen) atoms. The highest BCUT2D eigenvalue weighted by molar-refractivity contribution is 6.05. The van der Waals surface area contributed by atoms with Crippen LogP contribution in [0.5, 0.6) is 0 Å². The van der Waals surface area contributed by atoms with Gasteiger partial charge in [0.1, 0.15) is 5.60 Å². The fourth-order valence-electron chi connectivity index (χ4n) is 4.01. The highest BCUT2D eigenvalue weighted by Crippen LogP contribution is 2.26. The smallest absolute Gasteiger partial charge is 0.407 e. The van der Waals surface area contributed by atoms with Crippen molar-refractivity contribution >= 4 is 35.2 Å². The predicted molar refractivity (Wildman–Crippen MR) is 134 cm³/mol. The summed E-state index contributed by atoms with van der Waals surface area (Å²) in [5, 5.41) is 18.6. The van der Waals surface area contributed by atoms with E-state index in [4.69, 9.17) is 9.47 Å². The topological polar surface area (TPSA) is 146 Å². The minimum absolute atomic E-state index is 0.114. The molecule has 2 heterocycles. The van der Waals surface area contributed by atoms with Crippen LogP contribution in [0, 0.1) is 0 Å². The van der Waals surface area contributed by atoms with Crippen LogP contribution in [-0.4, -0.2) is 59.9 Å². The highest BCUT2D eigenvalue weighted by Gasteiger charge is 2.39. The second kappa shape index (κ2) is 10.6. The van der Waals surface area contributed by atoms with E-state index in [1.165, 1.54) is 4.90 Å². The molecule has 0 spiro atoms. The van der Waals surface area contributed by atoms with E-state index in [-0.39, 0.29) is 25.6 Å². The molecule has 0 aliphatic carbocycles. The summed E-state index contributed by atoms with van der Waals surface area (Å²) in [6.45, 7) is 6.33. The van der Waals surface area contributed by atoms with E-state index >= 15 is 0 Å². The van der Waals surface area contributed by atoms with Crippen LogP contribution in [0.15, 0.2) is 42.5 Å². The van der Waals surface area contributed by atoms with Crippen LogP contribution in [0.2, 0.25) is 0 Å². The predicted octanol–water partition coefficient (Wildman–Crippen LogP) is 1.69. The molecule has 1 saturated heterocycles. The average molecular weight is 511 g/mol. The monoisotopic (exact) mass is 510 g/mol. The van der Waals surface area contributed by atoms with Crippen molar-refractivity contribution in [3.63, 3.8) is 0 Å².